The Bertz CT molecular complexity index is 544. The van der Waals surface area contributed by atoms with Crippen LogP contribution in [-0.4, -0.2) is 52.5 Å². The molecule has 2 unspecified atom stereocenters. The summed E-state index contributed by atoms with van der Waals surface area (Å²) >= 11 is 0. The Morgan fingerprint density at radius 1 is 1.29 bits per heavy atom. The number of fused-ring (bicyclic) bond motifs is 1. The third-order valence-corrected chi connectivity index (χ3v) is 4.90. The van der Waals surface area contributed by atoms with Crippen molar-refractivity contribution in [2.24, 2.45) is 0 Å². The monoisotopic (exact) mass is 288 g/mol. The highest BCUT2D eigenvalue weighted by Gasteiger charge is 2.35. The van der Waals surface area contributed by atoms with Gasteiger partial charge in [-0.3, -0.25) is 9.69 Å². The second-order valence-electron chi connectivity index (χ2n) is 6.45. The lowest BCUT2D eigenvalue weighted by molar-refractivity contribution is 0.0151. The normalized spacial score (nSPS) is 26.5. The largest absolute Gasteiger partial charge is 0.508 e. The minimum absolute atomic E-state index is 0.0445. The van der Waals surface area contributed by atoms with E-state index in [9.17, 15) is 9.90 Å². The molecule has 2 heterocycles. The average molecular weight is 288 g/mol. The molecule has 3 rings (SSSR count). The molecule has 0 bridgehead atoms. The molecule has 1 amide bonds. The third-order valence-electron chi connectivity index (χ3n) is 4.90. The molecule has 4 heteroatoms. The Morgan fingerprint density at radius 3 is 2.86 bits per heavy atom. The number of hydrogen-bond donors (Lipinski definition) is 1. The highest BCUT2D eigenvalue weighted by atomic mass is 16.3. The molecule has 0 radical (unpaired) electrons. The van der Waals surface area contributed by atoms with Crippen LogP contribution >= 0.6 is 0 Å². The fourth-order valence-corrected chi connectivity index (χ4v) is 3.54. The number of aromatic hydroxyl groups is 1. The maximum Gasteiger partial charge on any atom is 0.254 e. The molecule has 0 spiro atoms. The number of nitrogens with zero attached hydrogens (tertiary/aromatic N) is 2. The van der Waals surface area contributed by atoms with Gasteiger partial charge in [0.15, 0.2) is 0 Å². The molecule has 0 saturated carbocycles. The summed E-state index contributed by atoms with van der Waals surface area (Å²) in [6.07, 6.45) is 3.74. The van der Waals surface area contributed by atoms with Crippen molar-refractivity contribution < 1.29 is 9.90 Å². The summed E-state index contributed by atoms with van der Waals surface area (Å²) in [7, 11) is 0. The van der Waals surface area contributed by atoms with Crippen LogP contribution in [0.25, 0.3) is 0 Å². The maximum atomic E-state index is 12.7. The SMILES string of the molecule is Cc1ccc(C(=O)N2CC3CCCCN3CC2C)cc1O. The minimum Gasteiger partial charge on any atom is -0.508 e. The van der Waals surface area contributed by atoms with E-state index in [1.807, 2.05) is 24.0 Å². The molecule has 2 aliphatic rings. The second-order valence-corrected chi connectivity index (χ2v) is 6.45. The van der Waals surface area contributed by atoms with Gasteiger partial charge in [0.25, 0.3) is 5.91 Å². The fourth-order valence-electron chi connectivity index (χ4n) is 3.54. The first-order valence-corrected chi connectivity index (χ1v) is 7.91. The number of piperazine rings is 1. The molecular formula is C17H24N2O2. The quantitative estimate of drug-likeness (QED) is 0.863. The molecular weight excluding hydrogens is 264 g/mol. The molecule has 1 aromatic rings. The van der Waals surface area contributed by atoms with Crippen molar-refractivity contribution in [3.63, 3.8) is 0 Å². The van der Waals surface area contributed by atoms with E-state index in [1.54, 1.807) is 6.07 Å². The summed E-state index contributed by atoms with van der Waals surface area (Å²) in [5.41, 5.74) is 1.39. The number of amides is 1. The van der Waals surface area contributed by atoms with Gasteiger partial charge in [-0.2, -0.15) is 0 Å². The summed E-state index contributed by atoms with van der Waals surface area (Å²) in [4.78, 5) is 17.3. The Balaban J connectivity index is 1.78. The molecule has 2 fully saturated rings. The maximum absolute atomic E-state index is 12.7. The van der Waals surface area contributed by atoms with Crippen molar-refractivity contribution in [2.75, 3.05) is 19.6 Å². The molecule has 2 atom stereocenters. The topological polar surface area (TPSA) is 43.8 Å². The van der Waals surface area contributed by atoms with Crippen LogP contribution in [0.1, 0.15) is 42.1 Å². The van der Waals surface area contributed by atoms with Crippen LogP contribution in [0, 0.1) is 6.92 Å². The van der Waals surface area contributed by atoms with Crippen molar-refractivity contribution in [1.29, 1.82) is 0 Å². The van der Waals surface area contributed by atoms with Gasteiger partial charge < -0.3 is 10.0 Å². The van der Waals surface area contributed by atoms with Crippen LogP contribution in [0.5, 0.6) is 5.75 Å². The second kappa shape index (κ2) is 5.68. The molecule has 2 saturated heterocycles. The van der Waals surface area contributed by atoms with E-state index in [-0.39, 0.29) is 17.7 Å². The van der Waals surface area contributed by atoms with E-state index in [0.29, 0.717) is 11.6 Å². The molecule has 2 aliphatic heterocycles. The fraction of sp³-hybridized carbons (Fsp3) is 0.588. The van der Waals surface area contributed by atoms with Crippen molar-refractivity contribution in [3.8, 4) is 5.75 Å². The van der Waals surface area contributed by atoms with Gasteiger partial charge in [-0.1, -0.05) is 12.5 Å². The Kier molecular flexibility index (Phi) is 3.89. The highest BCUT2D eigenvalue weighted by Crippen LogP contribution is 2.26. The average Bonchev–Trinajstić information content (AvgIpc) is 2.48. The van der Waals surface area contributed by atoms with Crippen LogP contribution in [0.4, 0.5) is 0 Å². The number of carbonyl (C=O) groups is 1. The lowest BCUT2D eigenvalue weighted by atomic mass is 9.96. The highest BCUT2D eigenvalue weighted by molar-refractivity contribution is 5.95. The van der Waals surface area contributed by atoms with Crippen LogP contribution in [0.2, 0.25) is 0 Å². The predicted molar refractivity (Wildman–Crippen MR) is 82.6 cm³/mol. The summed E-state index contributed by atoms with van der Waals surface area (Å²) in [5.74, 6) is 0.243. The van der Waals surface area contributed by atoms with E-state index >= 15 is 0 Å². The lowest BCUT2D eigenvalue weighted by Gasteiger charge is -2.47. The molecule has 1 aromatic carbocycles. The van der Waals surface area contributed by atoms with E-state index in [0.717, 1.165) is 18.7 Å². The number of piperidine rings is 1. The molecule has 0 aliphatic carbocycles. The van der Waals surface area contributed by atoms with Gasteiger partial charge >= 0.3 is 0 Å². The summed E-state index contributed by atoms with van der Waals surface area (Å²) in [6, 6.07) is 5.97. The molecule has 0 aromatic heterocycles. The van der Waals surface area contributed by atoms with E-state index in [1.165, 1.54) is 25.8 Å². The van der Waals surface area contributed by atoms with Crippen molar-refractivity contribution in [2.45, 2.75) is 45.2 Å². The lowest BCUT2D eigenvalue weighted by Crippen LogP contribution is -2.60. The van der Waals surface area contributed by atoms with Crippen LogP contribution in [-0.2, 0) is 0 Å². The zero-order chi connectivity index (χ0) is 15.0. The summed E-state index contributed by atoms with van der Waals surface area (Å²) in [6.45, 7) is 6.91. The van der Waals surface area contributed by atoms with Gasteiger partial charge in [0, 0.05) is 30.7 Å². The Hall–Kier alpha value is -1.55. The van der Waals surface area contributed by atoms with Crippen LogP contribution < -0.4 is 0 Å². The van der Waals surface area contributed by atoms with Gasteiger partial charge in [0.1, 0.15) is 5.75 Å². The van der Waals surface area contributed by atoms with Gasteiger partial charge in [0.2, 0.25) is 0 Å². The van der Waals surface area contributed by atoms with Crippen LogP contribution in [0.15, 0.2) is 18.2 Å². The number of carbonyl (C=O) groups excluding carboxylic acids is 1. The standard InChI is InChI=1S/C17H24N2O2/c1-12-6-7-14(9-16(12)20)17(21)19-11-15-5-3-4-8-18(15)10-13(19)2/h6-7,9,13,15,20H,3-5,8,10-11H2,1-2H3. The third kappa shape index (κ3) is 2.77. The first-order valence-electron chi connectivity index (χ1n) is 7.91. The smallest absolute Gasteiger partial charge is 0.254 e. The number of benzene rings is 1. The molecule has 1 N–H and O–H groups in total. The van der Waals surface area contributed by atoms with Gasteiger partial charge in [-0.25, -0.2) is 0 Å². The van der Waals surface area contributed by atoms with E-state index < -0.39 is 0 Å². The molecule has 4 nitrogen and oxygen atoms in total. The molecule has 21 heavy (non-hydrogen) atoms. The van der Waals surface area contributed by atoms with Gasteiger partial charge in [-0.15, -0.1) is 0 Å². The summed E-state index contributed by atoms with van der Waals surface area (Å²) in [5, 5.41) is 9.82. The number of phenols is 1. The van der Waals surface area contributed by atoms with E-state index in [4.69, 9.17) is 0 Å². The minimum atomic E-state index is 0.0445. The van der Waals surface area contributed by atoms with Crippen LogP contribution in [0.3, 0.4) is 0 Å². The Labute approximate surface area is 126 Å². The summed E-state index contributed by atoms with van der Waals surface area (Å²) < 4.78 is 0. The van der Waals surface area contributed by atoms with Gasteiger partial charge in [-0.05, 0) is 50.9 Å². The zero-order valence-corrected chi connectivity index (χ0v) is 12.9. The van der Waals surface area contributed by atoms with Crippen molar-refractivity contribution in [3.05, 3.63) is 29.3 Å². The number of phenolic OH excluding ortho intramolecular Hbond substituents is 1. The number of rotatable bonds is 1. The first kappa shape index (κ1) is 14.4. The zero-order valence-electron chi connectivity index (χ0n) is 12.9. The van der Waals surface area contributed by atoms with Gasteiger partial charge in [0.05, 0.1) is 0 Å². The van der Waals surface area contributed by atoms with E-state index in [2.05, 4.69) is 11.8 Å². The van der Waals surface area contributed by atoms with Crippen molar-refractivity contribution >= 4 is 5.91 Å². The number of hydrogen-bond acceptors (Lipinski definition) is 3. The van der Waals surface area contributed by atoms with Crippen molar-refractivity contribution in [1.82, 2.24) is 9.80 Å². The molecule has 114 valence electrons. The predicted octanol–water partition coefficient (Wildman–Crippen LogP) is 2.40. The Morgan fingerprint density at radius 2 is 2.10 bits per heavy atom. The number of aryl methyl sites for hydroxylation is 1. The first-order chi connectivity index (χ1) is 10.1.